The van der Waals surface area contributed by atoms with Gasteiger partial charge in [-0.3, -0.25) is 19.2 Å². The smallest absolute Gasteiger partial charge is 0.304 e. The van der Waals surface area contributed by atoms with E-state index in [0.717, 1.165) is 25.7 Å². The van der Waals surface area contributed by atoms with Gasteiger partial charge in [0.05, 0.1) is 12.8 Å². The number of thioether (sulfide) groups is 1. The summed E-state index contributed by atoms with van der Waals surface area (Å²) < 4.78 is 0. The van der Waals surface area contributed by atoms with Gasteiger partial charge in [-0.05, 0) is 12.8 Å². The highest BCUT2D eigenvalue weighted by Gasteiger charge is 2.00. The second-order valence-corrected chi connectivity index (χ2v) is 15.3. The summed E-state index contributed by atoms with van der Waals surface area (Å²) in [7, 11) is 0. The van der Waals surface area contributed by atoms with E-state index < -0.39 is 23.9 Å². The van der Waals surface area contributed by atoms with Crippen LogP contribution >= 0.6 is 11.8 Å². The second-order valence-electron chi connectivity index (χ2n) is 14.1. The van der Waals surface area contributed by atoms with E-state index in [1.54, 1.807) is 0 Å². The Balaban J connectivity index is -0.000000708. The lowest BCUT2D eigenvalue weighted by molar-refractivity contribution is -0.138. The maximum absolute atomic E-state index is 10.3. The van der Waals surface area contributed by atoms with Crippen LogP contribution in [0.25, 0.3) is 0 Å². The van der Waals surface area contributed by atoms with Gasteiger partial charge in [-0.2, -0.15) is 11.8 Å². The summed E-state index contributed by atoms with van der Waals surface area (Å²) >= 11 is 1.35. The van der Waals surface area contributed by atoms with Gasteiger partial charge in [0.1, 0.15) is 0 Å². The summed E-state index contributed by atoms with van der Waals surface area (Å²) in [6.45, 7) is 4.54. The molecule has 0 aromatic heterocycles. The van der Waals surface area contributed by atoms with Crippen LogP contribution in [0.2, 0.25) is 0 Å². The van der Waals surface area contributed by atoms with Crippen LogP contribution in [0.3, 0.4) is 0 Å². The molecule has 8 nitrogen and oxygen atoms in total. The number of carboxylic acids is 4. The van der Waals surface area contributed by atoms with Crippen molar-refractivity contribution in [2.45, 2.75) is 232 Å². The first-order chi connectivity index (χ1) is 24.7. The first kappa shape index (κ1) is 53.6. The molecule has 0 heterocycles. The minimum absolute atomic E-state index is 0.101. The fourth-order valence-corrected chi connectivity index (χ4v) is 6.56. The molecule has 0 saturated heterocycles. The van der Waals surface area contributed by atoms with Crippen molar-refractivity contribution in [3.05, 3.63) is 0 Å². The molecule has 0 aliphatic rings. The van der Waals surface area contributed by atoms with Crippen LogP contribution < -0.4 is 0 Å². The number of hydrogen-bond acceptors (Lipinski definition) is 5. The Morgan fingerprint density at radius 3 is 0.647 bits per heavy atom. The van der Waals surface area contributed by atoms with Crippen molar-refractivity contribution in [2.75, 3.05) is 11.5 Å². The van der Waals surface area contributed by atoms with Crippen LogP contribution in [0, 0.1) is 0 Å². The van der Waals surface area contributed by atoms with Crippen LogP contribution in [0.4, 0.5) is 0 Å². The van der Waals surface area contributed by atoms with E-state index in [9.17, 15) is 19.2 Å². The molecule has 304 valence electrons. The van der Waals surface area contributed by atoms with Crippen molar-refractivity contribution in [1.29, 1.82) is 0 Å². The topological polar surface area (TPSA) is 149 Å². The molecule has 0 aromatic rings. The molecule has 0 bridgehead atoms. The summed E-state index contributed by atoms with van der Waals surface area (Å²) in [6, 6.07) is 0. The average Bonchev–Trinajstić information content (AvgIpc) is 3.08. The molecule has 0 atom stereocenters. The number of rotatable bonds is 38. The van der Waals surface area contributed by atoms with Gasteiger partial charge in [-0.15, -0.1) is 0 Å². The van der Waals surface area contributed by atoms with Gasteiger partial charge in [0.2, 0.25) is 0 Å². The van der Waals surface area contributed by atoms with E-state index in [4.69, 9.17) is 20.4 Å². The number of unbranched alkanes of at least 4 members (excludes halogenated alkanes) is 28. The quantitative estimate of drug-likeness (QED) is 0.0453. The predicted octanol–water partition coefficient (Wildman–Crippen LogP) is 13.3. The van der Waals surface area contributed by atoms with Crippen molar-refractivity contribution in [2.24, 2.45) is 0 Å². The summed E-state index contributed by atoms with van der Waals surface area (Å²) in [5.74, 6) is -2.01. The van der Waals surface area contributed by atoms with Gasteiger partial charge in [0.15, 0.2) is 0 Å². The first-order valence-corrected chi connectivity index (χ1v) is 22.3. The number of hydrogen-bond donors (Lipinski definition) is 4. The van der Waals surface area contributed by atoms with E-state index >= 15 is 0 Å². The number of carbonyl (C=O) groups is 4. The van der Waals surface area contributed by atoms with E-state index in [-0.39, 0.29) is 12.8 Å². The molecule has 0 saturated carbocycles. The molecular weight excluding hydrogens is 665 g/mol. The molecule has 9 heteroatoms. The van der Waals surface area contributed by atoms with Crippen molar-refractivity contribution >= 4 is 35.6 Å². The van der Waals surface area contributed by atoms with Crippen molar-refractivity contribution in [3.8, 4) is 0 Å². The molecule has 51 heavy (non-hydrogen) atoms. The van der Waals surface area contributed by atoms with Gasteiger partial charge in [-0.25, -0.2) is 0 Å². The highest BCUT2D eigenvalue weighted by Crippen LogP contribution is 2.15. The van der Waals surface area contributed by atoms with E-state index in [1.165, 1.54) is 179 Å². The average molecular weight is 747 g/mol. The van der Waals surface area contributed by atoms with E-state index in [2.05, 4.69) is 13.8 Å². The molecule has 0 fully saturated rings. The van der Waals surface area contributed by atoms with E-state index in [0.29, 0.717) is 24.3 Å². The molecule has 0 amide bonds. The maximum atomic E-state index is 10.3. The van der Waals surface area contributed by atoms with Crippen molar-refractivity contribution in [1.82, 2.24) is 0 Å². The zero-order chi connectivity index (χ0) is 38.5. The van der Waals surface area contributed by atoms with Crippen molar-refractivity contribution < 1.29 is 39.6 Å². The Morgan fingerprint density at radius 2 is 0.471 bits per heavy atom. The fourth-order valence-electron chi connectivity index (χ4n) is 5.72. The molecule has 0 unspecified atom stereocenters. The third-order valence-corrected chi connectivity index (χ3v) is 9.89. The zero-order valence-electron chi connectivity index (χ0n) is 33.3. The lowest BCUT2D eigenvalue weighted by Crippen LogP contribution is -1.99. The van der Waals surface area contributed by atoms with Gasteiger partial charge >= 0.3 is 23.9 Å². The monoisotopic (exact) mass is 747 g/mol. The van der Waals surface area contributed by atoms with Gasteiger partial charge in [0, 0.05) is 24.3 Å². The molecule has 0 aliphatic carbocycles. The van der Waals surface area contributed by atoms with Crippen LogP contribution in [0.5, 0.6) is 0 Å². The third-order valence-electron chi connectivity index (χ3n) is 8.91. The Bertz CT molecular complexity index is 686. The molecule has 0 spiro atoms. The van der Waals surface area contributed by atoms with E-state index in [1.807, 2.05) is 0 Å². The number of carboxylic acid groups (broad SMARTS) is 4. The first-order valence-electron chi connectivity index (χ1n) is 21.1. The number of aliphatic carboxylic acids is 4. The van der Waals surface area contributed by atoms with Gasteiger partial charge in [-0.1, -0.05) is 194 Å². The summed E-state index contributed by atoms with van der Waals surface area (Å²) in [5, 5.41) is 33.4. The second kappa shape index (κ2) is 48.2. The SMILES string of the molecule is CCCCCCCCCCCCCCCCCC(=O)O.CCCCCCCCCCCCCCCCCC(=O)O.O=C(O)CCSCCC(=O)O. The van der Waals surface area contributed by atoms with Crippen LogP contribution in [-0.4, -0.2) is 55.8 Å². The summed E-state index contributed by atoms with van der Waals surface area (Å²) in [4.78, 5) is 40.6. The Morgan fingerprint density at radius 1 is 0.294 bits per heavy atom. The standard InChI is InChI=1S/2C18H36O2.C6H10O4S/c2*1-2-3-4-5-6-7-8-9-10-11-12-13-14-15-16-17-18(19)20;7-5(8)1-3-11-4-2-6(9)10/h2*2-17H2,1H3,(H,19,20);1-4H2,(H,7,8)(H,9,10). The fraction of sp³-hybridized carbons (Fsp3) is 0.905. The molecule has 4 N–H and O–H groups in total. The Hall–Kier alpha value is -1.77. The van der Waals surface area contributed by atoms with Gasteiger partial charge in [0.25, 0.3) is 0 Å². The molecule has 0 radical (unpaired) electrons. The lowest BCUT2D eigenvalue weighted by atomic mass is 10.0. The summed E-state index contributed by atoms with van der Waals surface area (Å²) in [5.41, 5.74) is 0. The lowest BCUT2D eigenvalue weighted by Gasteiger charge is -2.03. The maximum Gasteiger partial charge on any atom is 0.304 e. The molecular formula is C42H82O8S. The predicted molar refractivity (Wildman–Crippen MR) is 216 cm³/mol. The minimum Gasteiger partial charge on any atom is -0.481 e. The minimum atomic E-state index is -0.840. The normalized spacial score (nSPS) is 10.5. The van der Waals surface area contributed by atoms with Crippen molar-refractivity contribution in [3.63, 3.8) is 0 Å². The van der Waals surface area contributed by atoms with Crippen LogP contribution in [0.1, 0.15) is 232 Å². The highest BCUT2D eigenvalue weighted by atomic mass is 32.2. The summed E-state index contributed by atoms with van der Waals surface area (Å²) in [6.07, 6.45) is 40.6. The largest absolute Gasteiger partial charge is 0.481 e. The Kier molecular flexibility index (Phi) is 50.7. The molecule has 0 aliphatic heterocycles. The van der Waals surface area contributed by atoms with Gasteiger partial charge < -0.3 is 20.4 Å². The third kappa shape index (κ3) is 63.7. The highest BCUT2D eigenvalue weighted by molar-refractivity contribution is 7.99. The molecule has 0 rings (SSSR count). The molecule has 0 aromatic carbocycles. The van der Waals surface area contributed by atoms with Crippen LogP contribution in [-0.2, 0) is 19.2 Å². The zero-order valence-corrected chi connectivity index (χ0v) is 34.1. The Labute approximate surface area is 318 Å². The van der Waals surface area contributed by atoms with Crippen LogP contribution in [0.15, 0.2) is 0 Å².